The second-order valence-electron chi connectivity index (χ2n) is 6.42. The van der Waals surface area contributed by atoms with Crippen molar-refractivity contribution < 1.29 is 14.3 Å². The van der Waals surface area contributed by atoms with Crippen molar-refractivity contribution in [1.29, 1.82) is 0 Å². The maximum atomic E-state index is 12.8. The first kappa shape index (κ1) is 19.4. The van der Waals surface area contributed by atoms with Gasteiger partial charge < -0.3 is 19.7 Å². The monoisotopic (exact) mass is 390 g/mol. The van der Waals surface area contributed by atoms with Crippen molar-refractivity contribution in [2.75, 3.05) is 50.6 Å². The van der Waals surface area contributed by atoms with E-state index in [1.54, 1.807) is 43.8 Å². The lowest BCUT2D eigenvalue weighted by molar-refractivity contribution is -0.120. The lowest BCUT2D eigenvalue weighted by atomic mass is 10.2. The number of amides is 1. The third-order valence-corrected chi connectivity index (χ3v) is 5.64. The van der Waals surface area contributed by atoms with E-state index in [2.05, 4.69) is 20.1 Å². The van der Waals surface area contributed by atoms with Crippen molar-refractivity contribution in [3.8, 4) is 11.5 Å². The molecule has 0 aliphatic carbocycles. The zero-order chi connectivity index (χ0) is 19.2. The summed E-state index contributed by atoms with van der Waals surface area (Å²) in [5.74, 6) is 1.24. The maximum Gasteiger partial charge on any atom is 0.241 e. The van der Waals surface area contributed by atoms with E-state index < -0.39 is 0 Å². The number of methoxy groups -OCH3 is 2. The summed E-state index contributed by atoms with van der Waals surface area (Å²) in [6.45, 7) is 5.48. The zero-order valence-corrected chi connectivity index (χ0v) is 16.8. The van der Waals surface area contributed by atoms with E-state index in [0.29, 0.717) is 17.2 Å². The van der Waals surface area contributed by atoms with Crippen LogP contribution in [0, 0.1) is 0 Å². The van der Waals surface area contributed by atoms with Gasteiger partial charge in [0.05, 0.1) is 25.9 Å². The van der Waals surface area contributed by atoms with Gasteiger partial charge in [-0.3, -0.25) is 9.69 Å². The Labute approximate surface area is 163 Å². The van der Waals surface area contributed by atoms with Gasteiger partial charge in [0.15, 0.2) is 5.13 Å². The van der Waals surface area contributed by atoms with E-state index in [9.17, 15) is 4.79 Å². The standard InChI is InChI=1S/C19H26N4O3S/c1-14(18(24)21-16-13-15(25-2)5-6-17(16)26-3)22-8-4-9-23(11-10-22)19-20-7-12-27-19/h5-7,12-14H,4,8-11H2,1-3H3,(H,21,24). The average Bonchev–Trinajstić information content (AvgIpc) is 3.12. The van der Waals surface area contributed by atoms with Crippen molar-refractivity contribution in [3.63, 3.8) is 0 Å². The number of anilines is 2. The summed E-state index contributed by atoms with van der Waals surface area (Å²) in [4.78, 5) is 21.7. The molecule has 1 amide bonds. The first-order valence-corrected chi connectivity index (χ1v) is 9.91. The molecule has 1 unspecified atom stereocenters. The van der Waals surface area contributed by atoms with Crippen LogP contribution in [-0.4, -0.2) is 62.2 Å². The molecular formula is C19H26N4O3S. The summed E-state index contributed by atoms with van der Waals surface area (Å²) >= 11 is 1.66. The molecule has 3 rings (SSSR count). The van der Waals surface area contributed by atoms with E-state index in [0.717, 1.165) is 37.7 Å². The number of hydrogen-bond acceptors (Lipinski definition) is 7. The topological polar surface area (TPSA) is 66.9 Å². The van der Waals surface area contributed by atoms with Gasteiger partial charge >= 0.3 is 0 Å². The van der Waals surface area contributed by atoms with Gasteiger partial charge in [-0.15, -0.1) is 11.3 Å². The molecule has 0 bridgehead atoms. The molecule has 146 valence electrons. The van der Waals surface area contributed by atoms with Crippen LogP contribution >= 0.6 is 11.3 Å². The molecule has 1 fully saturated rings. The lowest BCUT2D eigenvalue weighted by Gasteiger charge is -2.27. The molecule has 2 aromatic rings. The predicted molar refractivity (Wildman–Crippen MR) is 108 cm³/mol. The number of aromatic nitrogens is 1. The molecule has 2 heterocycles. The fourth-order valence-corrected chi connectivity index (χ4v) is 3.90. The number of nitrogens with one attached hydrogen (secondary N) is 1. The molecule has 0 saturated carbocycles. The Hall–Kier alpha value is -2.32. The van der Waals surface area contributed by atoms with Crippen molar-refractivity contribution >= 4 is 28.1 Å². The minimum absolute atomic E-state index is 0.0516. The van der Waals surface area contributed by atoms with Gasteiger partial charge in [-0.05, 0) is 25.5 Å². The van der Waals surface area contributed by atoms with Crippen LogP contribution in [0.2, 0.25) is 0 Å². The van der Waals surface area contributed by atoms with E-state index in [1.165, 1.54) is 0 Å². The van der Waals surface area contributed by atoms with Crippen LogP contribution in [0.25, 0.3) is 0 Å². The minimum atomic E-state index is -0.239. The highest BCUT2D eigenvalue weighted by molar-refractivity contribution is 7.13. The molecule has 27 heavy (non-hydrogen) atoms. The van der Waals surface area contributed by atoms with Gasteiger partial charge in [0, 0.05) is 43.8 Å². The van der Waals surface area contributed by atoms with Crippen molar-refractivity contribution in [3.05, 3.63) is 29.8 Å². The molecule has 0 spiro atoms. The summed E-state index contributed by atoms with van der Waals surface area (Å²) in [6, 6.07) is 5.13. The Morgan fingerprint density at radius 3 is 2.78 bits per heavy atom. The molecule has 1 aromatic carbocycles. The summed E-state index contributed by atoms with van der Waals surface area (Å²) in [5, 5.41) is 6.03. The van der Waals surface area contributed by atoms with Crippen molar-refractivity contribution in [2.24, 2.45) is 0 Å². The molecule has 7 nitrogen and oxygen atoms in total. The van der Waals surface area contributed by atoms with Crippen LogP contribution < -0.4 is 19.7 Å². The number of nitrogens with zero attached hydrogens (tertiary/aromatic N) is 3. The van der Waals surface area contributed by atoms with Crippen molar-refractivity contribution in [2.45, 2.75) is 19.4 Å². The van der Waals surface area contributed by atoms with Crippen molar-refractivity contribution in [1.82, 2.24) is 9.88 Å². The Balaban J connectivity index is 1.63. The van der Waals surface area contributed by atoms with E-state index in [4.69, 9.17) is 9.47 Å². The Morgan fingerprint density at radius 2 is 2.07 bits per heavy atom. The highest BCUT2D eigenvalue weighted by Gasteiger charge is 2.25. The number of rotatable bonds is 6. The van der Waals surface area contributed by atoms with Gasteiger partial charge in [0.25, 0.3) is 0 Å². The molecule has 1 N–H and O–H groups in total. The molecule has 1 aromatic heterocycles. The number of ether oxygens (including phenoxy) is 2. The summed E-state index contributed by atoms with van der Waals surface area (Å²) in [6.07, 6.45) is 2.83. The third-order valence-electron chi connectivity index (χ3n) is 4.81. The quantitative estimate of drug-likeness (QED) is 0.818. The first-order valence-electron chi connectivity index (χ1n) is 9.03. The van der Waals surface area contributed by atoms with Crippen LogP contribution in [-0.2, 0) is 4.79 Å². The molecule has 0 radical (unpaired) electrons. The number of thiazole rings is 1. The van der Waals surface area contributed by atoms with E-state index in [1.807, 2.05) is 18.5 Å². The Bertz CT molecular complexity index is 753. The normalized spacial score (nSPS) is 16.5. The second-order valence-corrected chi connectivity index (χ2v) is 7.30. The smallest absolute Gasteiger partial charge is 0.241 e. The average molecular weight is 391 g/mol. The van der Waals surface area contributed by atoms with Crippen LogP contribution in [0.3, 0.4) is 0 Å². The number of benzene rings is 1. The van der Waals surface area contributed by atoms with Gasteiger partial charge in [-0.25, -0.2) is 4.98 Å². The number of carbonyl (C=O) groups excluding carboxylic acids is 1. The third kappa shape index (κ3) is 4.70. The SMILES string of the molecule is COc1ccc(OC)c(NC(=O)C(C)N2CCCN(c3nccs3)CC2)c1. The molecule has 1 atom stereocenters. The van der Waals surface area contributed by atoms with E-state index in [-0.39, 0.29) is 11.9 Å². The molecule has 1 saturated heterocycles. The molecule has 1 aliphatic rings. The Morgan fingerprint density at radius 1 is 1.22 bits per heavy atom. The van der Waals surface area contributed by atoms with Gasteiger partial charge in [0.2, 0.25) is 5.91 Å². The van der Waals surface area contributed by atoms with Gasteiger partial charge in [-0.2, -0.15) is 0 Å². The van der Waals surface area contributed by atoms with Crippen LogP contribution in [0.1, 0.15) is 13.3 Å². The molecular weight excluding hydrogens is 364 g/mol. The molecule has 8 heteroatoms. The zero-order valence-electron chi connectivity index (χ0n) is 16.0. The van der Waals surface area contributed by atoms with E-state index >= 15 is 0 Å². The van der Waals surface area contributed by atoms with Crippen LogP contribution in [0.5, 0.6) is 11.5 Å². The summed E-state index contributed by atoms with van der Waals surface area (Å²) in [7, 11) is 3.18. The fourth-order valence-electron chi connectivity index (χ4n) is 3.20. The lowest BCUT2D eigenvalue weighted by Crippen LogP contribution is -2.44. The number of carbonyl (C=O) groups is 1. The highest BCUT2D eigenvalue weighted by Crippen LogP contribution is 2.29. The summed E-state index contributed by atoms with van der Waals surface area (Å²) in [5.41, 5.74) is 0.618. The minimum Gasteiger partial charge on any atom is -0.497 e. The van der Waals surface area contributed by atoms with Crippen LogP contribution in [0.4, 0.5) is 10.8 Å². The maximum absolute atomic E-state index is 12.8. The predicted octanol–water partition coefficient (Wildman–Crippen LogP) is 2.70. The second kappa shape index (κ2) is 9.05. The Kier molecular flexibility index (Phi) is 6.52. The number of hydrogen-bond donors (Lipinski definition) is 1. The van der Waals surface area contributed by atoms with Gasteiger partial charge in [-0.1, -0.05) is 0 Å². The highest BCUT2D eigenvalue weighted by atomic mass is 32.1. The molecule has 1 aliphatic heterocycles. The fraction of sp³-hybridized carbons (Fsp3) is 0.474. The van der Waals surface area contributed by atoms with Gasteiger partial charge in [0.1, 0.15) is 11.5 Å². The largest absolute Gasteiger partial charge is 0.497 e. The summed E-state index contributed by atoms with van der Waals surface area (Å²) < 4.78 is 10.6. The first-order chi connectivity index (χ1) is 13.1. The van der Waals surface area contributed by atoms with Crippen LogP contribution in [0.15, 0.2) is 29.8 Å².